The Balaban J connectivity index is 2.82. The summed E-state index contributed by atoms with van der Waals surface area (Å²) in [4.78, 5) is 10.1. The van der Waals surface area contributed by atoms with E-state index < -0.39 is 0 Å². The fourth-order valence-corrected chi connectivity index (χ4v) is 0.602. The van der Waals surface area contributed by atoms with Crippen LogP contribution in [-0.2, 0) is 4.79 Å². The van der Waals surface area contributed by atoms with Gasteiger partial charge in [-0.15, -0.1) is 0 Å². The number of carbonyl (C=O) groups is 1. The molecule has 0 heterocycles. The molecule has 0 fully saturated rings. The van der Waals surface area contributed by atoms with Crippen LogP contribution in [0, 0.1) is 5.75 Å². The van der Waals surface area contributed by atoms with Crippen molar-refractivity contribution in [2.45, 2.75) is 20.3 Å². The molecule has 0 aromatic rings. The molecule has 0 saturated heterocycles. The first-order valence-corrected chi connectivity index (χ1v) is 3.14. The zero-order valence-corrected chi connectivity index (χ0v) is 5.42. The predicted octanol–water partition coefficient (Wildman–Crippen LogP) is 1.84. The topological polar surface area (TPSA) is 17.1 Å². The smallest absolute Gasteiger partial charge is 0.186 e. The number of hydrogen-bond donors (Lipinski definition) is 0. The molecule has 0 aliphatic carbocycles. The van der Waals surface area contributed by atoms with Crippen molar-refractivity contribution in [1.82, 2.24) is 0 Å². The van der Waals surface area contributed by atoms with Gasteiger partial charge in [-0.3, -0.25) is 4.79 Å². The van der Waals surface area contributed by atoms with E-state index in [1.165, 1.54) is 11.8 Å². The lowest BCUT2D eigenvalue weighted by Gasteiger charge is -1.85. The van der Waals surface area contributed by atoms with Crippen molar-refractivity contribution in [2.24, 2.45) is 0 Å². The highest BCUT2D eigenvalue weighted by Gasteiger charge is 1.88. The molecule has 0 unspecified atom stereocenters. The molecule has 0 atom stereocenters. The molecular weight excluding hydrogens is 108 g/mol. The van der Waals surface area contributed by atoms with Gasteiger partial charge in [0.15, 0.2) is 5.12 Å². The molecule has 0 amide bonds. The van der Waals surface area contributed by atoms with Gasteiger partial charge < -0.3 is 0 Å². The first-order valence-electron chi connectivity index (χ1n) is 2.26. The molecule has 41 valence electrons. The third-order valence-corrected chi connectivity index (χ3v) is 1.25. The van der Waals surface area contributed by atoms with Crippen LogP contribution in [-0.4, -0.2) is 5.12 Å². The van der Waals surface area contributed by atoms with Crippen molar-refractivity contribution in [3.8, 4) is 0 Å². The van der Waals surface area contributed by atoms with Crippen LogP contribution in [0.2, 0.25) is 0 Å². The van der Waals surface area contributed by atoms with Gasteiger partial charge in [0.1, 0.15) is 0 Å². The molecule has 1 radical (unpaired) electrons. The van der Waals surface area contributed by atoms with Crippen LogP contribution in [0.4, 0.5) is 0 Å². The average Bonchev–Trinajstić information content (AvgIpc) is 1.61. The Morgan fingerprint density at radius 3 is 2.57 bits per heavy atom. The number of rotatable bonds is 2. The van der Waals surface area contributed by atoms with E-state index in [0.717, 1.165) is 6.42 Å². The van der Waals surface area contributed by atoms with E-state index in [-0.39, 0.29) is 5.12 Å². The summed E-state index contributed by atoms with van der Waals surface area (Å²) < 4.78 is 0. The predicted molar refractivity (Wildman–Crippen MR) is 32.9 cm³/mol. The van der Waals surface area contributed by atoms with Crippen LogP contribution in [0.1, 0.15) is 20.3 Å². The summed E-state index contributed by atoms with van der Waals surface area (Å²) in [5.41, 5.74) is 0. The zero-order valence-electron chi connectivity index (χ0n) is 4.60. The minimum absolute atomic E-state index is 0.168. The lowest BCUT2D eigenvalue weighted by atomic mass is 10.6. The van der Waals surface area contributed by atoms with Crippen molar-refractivity contribution in [2.75, 3.05) is 0 Å². The van der Waals surface area contributed by atoms with Gasteiger partial charge in [0, 0.05) is 12.7 Å². The largest absolute Gasteiger partial charge is 0.288 e. The second kappa shape index (κ2) is 4.19. The van der Waals surface area contributed by atoms with E-state index in [1.807, 2.05) is 12.7 Å². The SMILES string of the molecule is CC[CH]SC(C)=O. The van der Waals surface area contributed by atoms with Crippen molar-refractivity contribution in [1.29, 1.82) is 0 Å². The summed E-state index contributed by atoms with van der Waals surface area (Å²) in [5, 5.41) is 0.168. The summed E-state index contributed by atoms with van der Waals surface area (Å²) >= 11 is 1.27. The Morgan fingerprint density at radius 1 is 1.86 bits per heavy atom. The monoisotopic (exact) mass is 117 g/mol. The van der Waals surface area contributed by atoms with Crippen LogP contribution >= 0.6 is 11.8 Å². The van der Waals surface area contributed by atoms with Crippen LogP contribution < -0.4 is 0 Å². The van der Waals surface area contributed by atoms with Crippen LogP contribution in [0.5, 0.6) is 0 Å². The third-order valence-electron chi connectivity index (χ3n) is 0.416. The maximum absolute atomic E-state index is 10.1. The Morgan fingerprint density at radius 2 is 2.43 bits per heavy atom. The van der Waals surface area contributed by atoms with Gasteiger partial charge in [0.25, 0.3) is 0 Å². The molecule has 0 aromatic heterocycles. The van der Waals surface area contributed by atoms with Crippen molar-refractivity contribution in [3.63, 3.8) is 0 Å². The molecule has 0 aliphatic heterocycles. The fourth-order valence-electron chi connectivity index (χ4n) is 0.201. The molecule has 7 heavy (non-hydrogen) atoms. The van der Waals surface area contributed by atoms with Gasteiger partial charge in [0.2, 0.25) is 0 Å². The number of hydrogen-bond acceptors (Lipinski definition) is 2. The molecular formula is C5H9OS. The zero-order chi connectivity index (χ0) is 5.70. The van der Waals surface area contributed by atoms with E-state index in [1.54, 1.807) is 6.92 Å². The van der Waals surface area contributed by atoms with E-state index in [0.29, 0.717) is 0 Å². The lowest BCUT2D eigenvalue weighted by molar-refractivity contribution is -0.109. The van der Waals surface area contributed by atoms with E-state index in [2.05, 4.69) is 0 Å². The maximum Gasteiger partial charge on any atom is 0.186 e. The summed E-state index contributed by atoms with van der Waals surface area (Å²) in [7, 11) is 0. The van der Waals surface area contributed by atoms with Crippen LogP contribution in [0.25, 0.3) is 0 Å². The first-order chi connectivity index (χ1) is 3.27. The Kier molecular flexibility index (Phi) is 4.20. The second-order valence-corrected chi connectivity index (χ2v) is 2.33. The van der Waals surface area contributed by atoms with Gasteiger partial charge >= 0.3 is 0 Å². The summed E-state index contributed by atoms with van der Waals surface area (Å²) in [6.07, 6.45) is 0.963. The highest BCUT2D eigenvalue weighted by molar-refractivity contribution is 8.15. The quantitative estimate of drug-likeness (QED) is 0.549. The molecule has 0 spiro atoms. The molecule has 1 nitrogen and oxygen atoms in total. The van der Waals surface area contributed by atoms with Crippen LogP contribution in [0.15, 0.2) is 0 Å². The molecule has 0 bridgehead atoms. The minimum atomic E-state index is 0.168. The third kappa shape index (κ3) is 6.02. The summed E-state index contributed by atoms with van der Waals surface area (Å²) in [6, 6.07) is 0. The fraction of sp³-hybridized carbons (Fsp3) is 0.600. The van der Waals surface area contributed by atoms with Gasteiger partial charge in [-0.1, -0.05) is 18.7 Å². The molecule has 0 saturated carbocycles. The second-order valence-electron chi connectivity index (χ2n) is 1.18. The summed E-state index contributed by atoms with van der Waals surface area (Å²) in [6.45, 7) is 3.58. The van der Waals surface area contributed by atoms with Gasteiger partial charge in [-0.25, -0.2) is 0 Å². The van der Waals surface area contributed by atoms with Gasteiger partial charge in [-0.2, -0.15) is 0 Å². The van der Waals surface area contributed by atoms with Gasteiger partial charge in [-0.05, 0) is 6.42 Å². The van der Waals surface area contributed by atoms with Crippen molar-refractivity contribution in [3.05, 3.63) is 5.75 Å². The number of thioether (sulfide) groups is 1. The van der Waals surface area contributed by atoms with Gasteiger partial charge in [0.05, 0.1) is 0 Å². The Hall–Kier alpha value is 0.0200. The Labute approximate surface area is 48.5 Å². The lowest BCUT2D eigenvalue weighted by Crippen LogP contribution is -1.77. The first kappa shape index (κ1) is 7.02. The molecule has 0 aromatic carbocycles. The van der Waals surface area contributed by atoms with Crippen LogP contribution in [0.3, 0.4) is 0 Å². The maximum atomic E-state index is 10.1. The minimum Gasteiger partial charge on any atom is -0.288 e. The van der Waals surface area contributed by atoms with E-state index in [4.69, 9.17) is 0 Å². The van der Waals surface area contributed by atoms with E-state index >= 15 is 0 Å². The normalized spacial score (nSPS) is 8.86. The highest BCUT2D eigenvalue weighted by atomic mass is 32.2. The molecule has 0 aliphatic rings. The molecule has 0 rings (SSSR count). The van der Waals surface area contributed by atoms with Crippen molar-refractivity contribution >= 4 is 16.9 Å². The number of carbonyl (C=O) groups excluding carboxylic acids is 1. The Bertz CT molecular complexity index is 61.1. The highest BCUT2D eigenvalue weighted by Crippen LogP contribution is 2.07. The molecule has 2 heteroatoms. The van der Waals surface area contributed by atoms with Crippen molar-refractivity contribution < 1.29 is 4.79 Å². The van der Waals surface area contributed by atoms with E-state index in [9.17, 15) is 4.79 Å². The summed E-state index contributed by atoms with van der Waals surface area (Å²) in [5.74, 6) is 1.89. The average molecular weight is 117 g/mol. The standard InChI is InChI=1S/C5H9OS/c1-3-4-7-5(2)6/h4H,3H2,1-2H3. The molecule has 0 N–H and O–H groups in total.